The summed E-state index contributed by atoms with van der Waals surface area (Å²) in [7, 11) is 1.54. The molecular formula is C13H14O5. The molecule has 5 nitrogen and oxygen atoms in total. The summed E-state index contributed by atoms with van der Waals surface area (Å²) in [6.45, 7) is 0. The van der Waals surface area contributed by atoms with Gasteiger partial charge < -0.3 is 14.9 Å². The van der Waals surface area contributed by atoms with E-state index in [9.17, 15) is 9.59 Å². The third-order valence-electron chi connectivity index (χ3n) is 2.34. The zero-order valence-corrected chi connectivity index (χ0v) is 9.92. The van der Waals surface area contributed by atoms with E-state index in [0.717, 1.165) is 0 Å². The lowest BCUT2D eigenvalue weighted by atomic mass is 10.1. The first-order valence-corrected chi connectivity index (χ1v) is 5.32. The van der Waals surface area contributed by atoms with E-state index in [4.69, 9.17) is 14.9 Å². The van der Waals surface area contributed by atoms with Crippen LogP contribution in [0.4, 0.5) is 0 Å². The van der Waals surface area contributed by atoms with E-state index in [1.165, 1.54) is 6.08 Å². The molecule has 0 radical (unpaired) electrons. The lowest BCUT2D eigenvalue weighted by molar-refractivity contribution is -0.137. The van der Waals surface area contributed by atoms with Gasteiger partial charge in [0.15, 0.2) is 0 Å². The molecule has 0 bridgehead atoms. The first kappa shape index (κ1) is 13.8. The molecule has 0 aliphatic rings. The predicted molar refractivity (Wildman–Crippen MR) is 65.5 cm³/mol. The first-order valence-electron chi connectivity index (χ1n) is 5.32. The van der Waals surface area contributed by atoms with E-state index in [1.807, 2.05) is 0 Å². The van der Waals surface area contributed by atoms with Crippen LogP contribution in [0.5, 0.6) is 5.75 Å². The Morgan fingerprint density at radius 3 is 2.22 bits per heavy atom. The molecule has 0 heterocycles. The second-order valence-corrected chi connectivity index (χ2v) is 3.64. The standard InChI is InChI=1S/C13H14O5/c1-18-11-5-2-9(3-6-11)8-10(13(16)17)4-7-12(14)15/h2-3,5-6,8H,4,7H2,1H3,(H,14,15)(H,16,17)/b10-8+. The summed E-state index contributed by atoms with van der Waals surface area (Å²) in [5, 5.41) is 17.5. The number of aliphatic carboxylic acids is 2. The van der Waals surface area contributed by atoms with Gasteiger partial charge in [0.2, 0.25) is 0 Å². The van der Waals surface area contributed by atoms with Crippen molar-refractivity contribution in [2.45, 2.75) is 12.8 Å². The SMILES string of the molecule is COc1ccc(/C=C(\CCC(=O)O)C(=O)O)cc1. The van der Waals surface area contributed by atoms with Crippen molar-refractivity contribution < 1.29 is 24.5 Å². The van der Waals surface area contributed by atoms with Crippen molar-refractivity contribution in [2.75, 3.05) is 7.11 Å². The summed E-state index contributed by atoms with van der Waals surface area (Å²) in [5.41, 5.74) is 0.765. The molecule has 0 aliphatic heterocycles. The van der Waals surface area contributed by atoms with Crippen LogP contribution in [0.3, 0.4) is 0 Å². The van der Waals surface area contributed by atoms with Gasteiger partial charge >= 0.3 is 11.9 Å². The maximum absolute atomic E-state index is 11.0. The highest BCUT2D eigenvalue weighted by molar-refractivity contribution is 5.92. The Labute approximate surface area is 104 Å². The van der Waals surface area contributed by atoms with Crippen LogP contribution in [0.25, 0.3) is 6.08 Å². The molecule has 18 heavy (non-hydrogen) atoms. The molecule has 0 aliphatic carbocycles. The number of hydrogen-bond donors (Lipinski definition) is 2. The van der Waals surface area contributed by atoms with Crippen molar-refractivity contribution in [1.29, 1.82) is 0 Å². The van der Waals surface area contributed by atoms with Crippen LogP contribution in [0.15, 0.2) is 29.8 Å². The molecule has 0 spiro atoms. The van der Waals surface area contributed by atoms with Crippen LogP contribution in [-0.2, 0) is 9.59 Å². The fourth-order valence-corrected chi connectivity index (χ4v) is 1.38. The lowest BCUT2D eigenvalue weighted by Gasteiger charge is -2.02. The van der Waals surface area contributed by atoms with Crippen LogP contribution in [0.2, 0.25) is 0 Å². The monoisotopic (exact) mass is 250 g/mol. The van der Waals surface area contributed by atoms with Crippen LogP contribution in [-0.4, -0.2) is 29.3 Å². The normalized spacial score (nSPS) is 11.1. The first-order chi connectivity index (χ1) is 8.52. The number of carboxylic acid groups (broad SMARTS) is 2. The van der Waals surface area contributed by atoms with Crippen molar-refractivity contribution >= 4 is 18.0 Å². The number of methoxy groups -OCH3 is 1. The molecule has 0 fully saturated rings. The maximum Gasteiger partial charge on any atom is 0.331 e. The summed E-state index contributed by atoms with van der Waals surface area (Å²) < 4.78 is 4.99. The summed E-state index contributed by atoms with van der Waals surface area (Å²) in [6.07, 6.45) is 1.26. The van der Waals surface area contributed by atoms with E-state index in [0.29, 0.717) is 11.3 Å². The molecular weight excluding hydrogens is 236 g/mol. The predicted octanol–water partition coefficient (Wildman–Crippen LogP) is 2.03. The molecule has 1 aromatic carbocycles. The number of rotatable bonds is 6. The molecule has 5 heteroatoms. The van der Waals surface area contributed by atoms with E-state index >= 15 is 0 Å². The van der Waals surface area contributed by atoms with Gasteiger partial charge in [0.1, 0.15) is 5.75 Å². The molecule has 1 aromatic rings. The summed E-state index contributed by atoms with van der Waals surface area (Å²) >= 11 is 0. The number of carbonyl (C=O) groups is 2. The zero-order valence-electron chi connectivity index (χ0n) is 9.92. The third-order valence-corrected chi connectivity index (χ3v) is 2.34. The van der Waals surface area contributed by atoms with Gasteiger partial charge in [0, 0.05) is 12.0 Å². The Bertz CT molecular complexity index is 459. The minimum absolute atomic E-state index is 0.00328. The number of hydrogen-bond acceptors (Lipinski definition) is 3. The maximum atomic E-state index is 11.0. The van der Waals surface area contributed by atoms with Gasteiger partial charge in [-0.1, -0.05) is 12.1 Å². The molecule has 96 valence electrons. The van der Waals surface area contributed by atoms with Gasteiger partial charge in [0.25, 0.3) is 0 Å². The van der Waals surface area contributed by atoms with Crippen LogP contribution >= 0.6 is 0 Å². The Morgan fingerprint density at radius 2 is 1.78 bits per heavy atom. The molecule has 2 N–H and O–H groups in total. The fourth-order valence-electron chi connectivity index (χ4n) is 1.38. The smallest absolute Gasteiger partial charge is 0.331 e. The highest BCUT2D eigenvalue weighted by Crippen LogP contribution is 2.16. The number of ether oxygens (including phenoxy) is 1. The quantitative estimate of drug-likeness (QED) is 0.755. The van der Waals surface area contributed by atoms with Gasteiger partial charge in [-0.2, -0.15) is 0 Å². The molecule has 0 unspecified atom stereocenters. The van der Waals surface area contributed by atoms with Gasteiger partial charge in [-0.25, -0.2) is 4.79 Å². The largest absolute Gasteiger partial charge is 0.497 e. The van der Waals surface area contributed by atoms with Crippen molar-refractivity contribution in [1.82, 2.24) is 0 Å². The van der Waals surface area contributed by atoms with Crippen molar-refractivity contribution in [2.24, 2.45) is 0 Å². The van der Waals surface area contributed by atoms with Crippen molar-refractivity contribution in [3.8, 4) is 5.75 Å². The second-order valence-electron chi connectivity index (χ2n) is 3.64. The fraction of sp³-hybridized carbons (Fsp3) is 0.231. The highest BCUT2D eigenvalue weighted by atomic mass is 16.5. The molecule has 0 saturated carbocycles. The van der Waals surface area contributed by atoms with E-state index in [1.54, 1.807) is 31.4 Å². The number of benzene rings is 1. The van der Waals surface area contributed by atoms with E-state index in [-0.39, 0.29) is 18.4 Å². The minimum atomic E-state index is -1.10. The van der Waals surface area contributed by atoms with Crippen LogP contribution < -0.4 is 4.74 Å². The Hall–Kier alpha value is -2.30. The lowest BCUT2D eigenvalue weighted by Crippen LogP contribution is -2.04. The molecule has 1 rings (SSSR count). The summed E-state index contributed by atoms with van der Waals surface area (Å²) in [6, 6.07) is 6.84. The summed E-state index contributed by atoms with van der Waals surface area (Å²) in [4.78, 5) is 21.4. The average Bonchev–Trinajstić information content (AvgIpc) is 2.34. The van der Waals surface area contributed by atoms with Crippen molar-refractivity contribution in [3.63, 3.8) is 0 Å². The Morgan fingerprint density at radius 1 is 1.17 bits per heavy atom. The molecule has 0 amide bonds. The van der Waals surface area contributed by atoms with Crippen molar-refractivity contribution in [3.05, 3.63) is 35.4 Å². The second kappa shape index (κ2) is 6.44. The molecule has 0 atom stereocenters. The summed E-state index contributed by atoms with van der Waals surface area (Å²) in [5.74, 6) is -1.45. The Balaban J connectivity index is 2.86. The Kier molecular flexibility index (Phi) is 4.92. The number of carboxylic acids is 2. The minimum Gasteiger partial charge on any atom is -0.497 e. The molecule has 0 saturated heterocycles. The van der Waals surface area contributed by atoms with Crippen LogP contribution in [0.1, 0.15) is 18.4 Å². The topological polar surface area (TPSA) is 83.8 Å². The van der Waals surface area contributed by atoms with Gasteiger partial charge in [-0.05, 0) is 30.2 Å². The zero-order chi connectivity index (χ0) is 13.5. The van der Waals surface area contributed by atoms with E-state index < -0.39 is 11.9 Å². The molecule has 0 aromatic heterocycles. The highest BCUT2D eigenvalue weighted by Gasteiger charge is 2.09. The third kappa shape index (κ3) is 4.29. The van der Waals surface area contributed by atoms with Gasteiger partial charge in [-0.15, -0.1) is 0 Å². The average molecular weight is 250 g/mol. The van der Waals surface area contributed by atoms with Crippen LogP contribution in [0, 0.1) is 0 Å². The van der Waals surface area contributed by atoms with E-state index in [2.05, 4.69) is 0 Å². The van der Waals surface area contributed by atoms with Gasteiger partial charge in [0.05, 0.1) is 7.11 Å². The van der Waals surface area contributed by atoms with Gasteiger partial charge in [-0.3, -0.25) is 4.79 Å².